The zero-order chi connectivity index (χ0) is 29.9. The Morgan fingerprint density at radius 3 is 2.33 bits per heavy atom. The molecule has 2 aromatic carbocycles. The molecule has 2 saturated carbocycles. The fourth-order valence-electron chi connectivity index (χ4n) is 6.66. The van der Waals surface area contributed by atoms with E-state index in [4.69, 9.17) is 15.5 Å². The number of nitrogens with two attached hydrogens (primary N) is 1. The topological polar surface area (TPSA) is 118 Å². The minimum absolute atomic E-state index is 0.0280. The molecule has 0 unspecified atom stereocenters. The van der Waals surface area contributed by atoms with Crippen molar-refractivity contribution in [3.63, 3.8) is 0 Å². The van der Waals surface area contributed by atoms with Crippen molar-refractivity contribution in [2.75, 3.05) is 19.0 Å². The number of aliphatic hydroxyl groups is 1. The maximum Gasteiger partial charge on any atom is 0.409 e. The van der Waals surface area contributed by atoms with Crippen molar-refractivity contribution in [1.29, 1.82) is 0 Å². The maximum atomic E-state index is 13.1. The molecule has 0 spiro atoms. The van der Waals surface area contributed by atoms with E-state index in [1.54, 1.807) is 18.1 Å². The van der Waals surface area contributed by atoms with E-state index < -0.39 is 11.1 Å². The zero-order valence-electron chi connectivity index (χ0n) is 24.8. The molecule has 3 aromatic rings. The lowest BCUT2D eigenvalue weighted by Gasteiger charge is -2.49. The van der Waals surface area contributed by atoms with E-state index in [9.17, 15) is 14.7 Å². The molecule has 8 heteroatoms. The van der Waals surface area contributed by atoms with Crippen molar-refractivity contribution in [2.45, 2.75) is 76.0 Å². The van der Waals surface area contributed by atoms with Crippen LogP contribution < -0.4 is 11.1 Å². The Balaban J connectivity index is 1.27. The summed E-state index contributed by atoms with van der Waals surface area (Å²) in [6.45, 7) is 4.00. The van der Waals surface area contributed by atoms with Gasteiger partial charge in [-0.1, -0.05) is 54.6 Å². The smallest absolute Gasteiger partial charge is 0.409 e. The summed E-state index contributed by atoms with van der Waals surface area (Å²) in [4.78, 5) is 31.6. The van der Waals surface area contributed by atoms with Crippen LogP contribution in [0.3, 0.4) is 0 Å². The lowest BCUT2D eigenvalue weighted by atomic mass is 9.63. The van der Waals surface area contributed by atoms with Crippen molar-refractivity contribution in [3.8, 4) is 22.4 Å². The van der Waals surface area contributed by atoms with Crippen molar-refractivity contribution < 1.29 is 19.4 Å². The predicted octanol–water partition coefficient (Wildman–Crippen LogP) is 6.09. The number of nitrogens with zero attached hydrogens (tertiary/aromatic N) is 2. The van der Waals surface area contributed by atoms with Crippen LogP contribution in [0.5, 0.6) is 0 Å². The third-order valence-electron chi connectivity index (χ3n) is 8.78. The van der Waals surface area contributed by atoms with Crippen molar-refractivity contribution in [1.82, 2.24) is 9.88 Å². The van der Waals surface area contributed by atoms with E-state index >= 15 is 0 Å². The third kappa shape index (κ3) is 6.66. The van der Waals surface area contributed by atoms with E-state index in [1.165, 1.54) is 0 Å². The highest BCUT2D eigenvalue weighted by atomic mass is 16.6. The molecule has 0 aliphatic heterocycles. The Labute approximate surface area is 248 Å². The lowest BCUT2D eigenvalue weighted by molar-refractivity contribution is -0.117. The Morgan fingerprint density at radius 2 is 1.71 bits per heavy atom. The molecule has 0 bridgehead atoms. The van der Waals surface area contributed by atoms with E-state index in [0.29, 0.717) is 31.6 Å². The van der Waals surface area contributed by atoms with Gasteiger partial charge in [-0.3, -0.25) is 9.78 Å². The summed E-state index contributed by atoms with van der Waals surface area (Å²) in [5.74, 6) is 0.251. The molecule has 2 aliphatic carbocycles. The van der Waals surface area contributed by atoms with E-state index in [-0.39, 0.29) is 24.0 Å². The van der Waals surface area contributed by atoms with Gasteiger partial charge in [0.25, 0.3) is 0 Å². The highest BCUT2D eigenvalue weighted by Crippen LogP contribution is 2.46. The van der Waals surface area contributed by atoms with Gasteiger partial charge in [0.2, 0.25) is 5.91 Å². The molecule has 5 rings (SSSR count). The second kappa shape index (κ2) is 12.2. The molecule has 2 amide bonds. The number of hydrogen-bond donors (Lipinski definition) is 3. The summed E-state index contributed by atoms with van der Waals surface area (Å²) in [5.41, 5.74) is 10.7. The number of aromatic nitrogens is 1. The largest absolute Gasteiger partial charge is 0.450 e. The molecule has 42 heavy (non-hydrogen) atoms. The first-order valence-electron chi connectivity index (χ1n) is 14.9. The monoisotopic (exact) mass is 570 g/mol. The van der Waals surface area contributed by atoms with Gasteiger partial charge in [0.05, 0.1) is 29.8 Å². The van der Waals surface area contributed by atoms with Crippen LogP contribution in [0.4, 0.5) is 10.5 Å². The molecule has 0 atom stereocenters. The first kappa shape index (κ1) is 29.7. The number of carbonyl (C=O) groups excluding carboxylic acids is 2. The minimum atomic E-state index is -0.712. The number of pyridine rings is 1. The summed E-state index contributed by atoms with van der Waals surface area (Å²) in [6, 6.07) is 20.3. The standard InChI is InChI=1S/C34H42N4O4/c1-4-42-32(40)38(3)28-16-10-23(11-17-28)18-30(39)37-27-19-29(24-8-6-5-7-9-24)31(36-20-27)25-12-14-26(15-13-25)34(35)21-33(2,41)22-34/h5-9,12-15,19-20,23,28,41H,4,10-11,16-18,21-22,35H2,1-3H3,(H,37,39)/t23-,28-,33-,34-. The highest BCUT2D eigenvalue weighted by molar-refractivity contribution is 5.93. The van der Waals surface area contributed by atoms with Gasteiger partial charge < -0.3 is 25.8 Å². The summed E-state index contributed by atoms with van der Waals surface area (Å²) in [5, 5.41) is 13.3. The maximum absolute atomic E-state index is 13.1. The molecule has 1 heterocycles. The Morgan fingerprint density at radius 1 is 1.05 bits per heavy atom. The van der Waals surface area contributed by atoms with E-state index in [0.717, 1.165) is 53.6 Å². The number of nitrogens with one attached hydrogen (secondary N) is 1. The van der Waals surface area contributed by atoms with Gasteiger partial charge in [0, 0.05) is 36.2 Å². The average Bonchev–Trinajstić information content (AvgIpc) is 2.97. The lowest BCUT2D eigenvalue weighted by Crippen LogP contribution is -2.58. The summed E-state index contributed by atoms with van der Waals surface area (Å²) in [7, 11) is 1.79. The zero-order valence-corrected chi connectivity index (χ0v) is 24.8. The van der Waals surface area contributed by atoms with Crippen LogP contribution in [-0.4, -0.2) is 52.3 Å². The quantitative estimate of drug-likeness (QED) is 0.302. The fourth-order valence-corrected chi connectivity index (χ4v) is 6.66. The number of benzene rings is 2. The Hall–Kier alpha value is -3.75. The van der Waals surface area contributed by atoms with Crippen LogP contribution in [0.2, 0.25) is 0 Å². The number of ether oxygens (including phenoxy) is 1. The molecule has 8 nitrogen and oxygen atoms in total. The van der Waals surface area contributed by atoms with Crippen LogP contribution in [0.25, 0.3) is 22.4 Å². The third-order valence-corrected chi connectivity index (χ3v) is 8.78. The molecule has 2 fully saturated rings. The van der Waals surface area contributed by atoms with Gasteiger partial charge in [-0.05, 0) is 75.5 Å². The highest BCUT2D eigenvalue weighted by Gasteiger charge is 2.49. The SMILES string of the molecule is CCOC(=O)N(C)[C@H]1CC[C@H](CC(=O)Nc2cnc(-c3ccc([C@]4(N)C[C@](C)(O)C4)cc3)c(-c3ccccc3)c2)CC1. The molecule has 0 radical (unpaired) electrons. The molecular formula is C34H42N4O4. The van der Waals surface area contributed by atoms with Crippen LogP contribution in [0.15, 0.2) is 66.9 Å². The summed E-state index contributed by atoms with van der Waals surface area (Å²) in [6.07, 6.45) is 6.46. The molecule has 4 N–H and O–H groups in total. The number of rotatable bonds is 8. The fraction of sp³-hybridized carbons (Fsp3) is 0.441. The van der Waals surface area contributed by atoms with Crippen LogP contribution >= 0.6 is 0 Å². The van der Waals surface area contributed by atoms with Gasteiger partial charge in [0.1, 0.15) is 0 Å². The normalized spacial score (nSPS) is 25.3. The molecule has 2 aliphatic rings. The van der Waals surface area contributed by atoms with Gasteiger partial charge in [-0.2, -0.15) is 0 Å². The first-order valence-corrected chi connectivity index (χ1v) is 14.9. The van der Waals surface area contributed by atoms with Gasteiger partial charge >= 0.3 is 6.09 Å². The molecular weight excluding hydrogens is 528 g/mol. The number of carbonyl (C=O) groups is 2. The van der Waals surface area contributed by atoms with Crippen molar-refractivity contribution in [2.24, 2.45) is 11.7 Å². The van der Waals surface area contributed by atoms with Crippen LogP contribution in [0, 0.1) is 5.92 Å². The van der Waals surface area contributed by atoms with Crippen molar-refractivity contribution >= 4 is 17.7 Å². The molecule has 0 saturated heterocycles. The Bertz CT molecular complexity index is 1390. The van der Waals surface area contributed by atoms with Gasteiger partial charge in [-0.25, -0.2) is 4.79 Å². The minimum Gasteiger partial charge on any atom is -0.450 e. The second-order valence-corrected chi connectivity index (χ2v) is 12.3. The number of anilines is 1. The van der Waals surface area contributed by atoms with Crippen LogP contribution in [0.1, 0.15) is 64.4 Å². The van der Waals surface area contributed by atoms with E-state index in [1.807, 2.05) is 74.5 Å². The van der Waals surface area contributed by atoms with E-state index in [2.05, 4.69) is 5.32 Å². The summed E-state index contributed by atoms with van der Waals surface area (Å²) >= 11 is 0. The van der Waals surface area contributed by atoms with Gasteiger partial charge in [-0.15, -0.1) is 0 Å². The molecule has 1 aromatic heterocycles. The van der Waals surface area contributed by atoms with Gasteiger partial charge in [0.15, 0.2) is 0 Å². The number of hydrogen-bond acceptors (Lipinski definition) is 6. The predicted molar refractivity (Wildman–Crippen MR) is 165 cm³/mol. The number of amides is 2. The Kier molecular flexibility index (Phi) is 8.66. The van der Waals surface area contributed by atoms with Crippen molar-refractivity contribution in [3.05, 3.63) is 72.4 Å². The summed E-state index contributed by atoms with van der Waals surface area (Å²) < 4.78 is 5.13. The van der Waals surface area contributed by atoms with Crippen LogP contribution in [-0.2, 0) is 15.1 Å². The second-order valence-electron chi connectivity index (χ2n) is 12.3. The molecule has 222 valence electrons. The average molecular weight is 571 g/mol. The first-order chi connectivity index (χ1) is 20.1.